The molecular formula is C20H14F3N3O4. The maximum atomic E-state index is 12.7. The van der Waals surface area contributed by atoms with Crippen LogP contribution in [0, 0.1) is 0 Å². The van der Waals surface area contributed by atoms with Gasteiger partial charge in [-0.25, -0.2) is 0 Å². The number of hydrogen-bond acceptors (Lipinski definition) is 6. The number of carbonyl (C=O) groups is 1. The molecule has 0 saturated carbocycles. The molecule has 0 bridgehead atoms. The largest absolute Gasteiger partial charge is 0.454 e. The van der Waals surface area contributed by atoms with E-state index in [-0.39, 0.29) is 30.9 Å². The molecule has 1 amide bonds. The van der Waals surface area contributed by atoms with Gasteiger partial charge in [0.2, 0.25) is 12.7 Å². The molecule has 5 rings (SSSR count). The van der Waals surface area contributed by atoms with Crippen molar-refractivity contribution < 1.29 is 32.0 Å². The summed E-state index contributed by atoms with van der Waals surface area (Å²) in [6.45, 7) is 0.495. The molecule has 1 fully saturated rings. The zero-order valence-electron chi connectivity index (χ0n) is 15.3. The van der Waals surface area contributed by atoms with Crippen LogP contribution in [0.3, 0.4) is 0 Å². The average Bonchev–Trinajstić information content (AvgIpc) is 3.46. The van der Waals surface area contributed by atoms with Gasteiger partial charge in [0, 0.05) is 36.2 Å². The third-order valence-corrected chi connectivity index (χ3v) is 5.06. The van der Waals surface area contributed by atoms with Crippen LogP contribution in [0.5, 0.6) is 11.5 Å². The van der Waals surface area contributed by atoms with Crippen LogP contribution >= 0.6 is 0 Å². The summed E-state index contributed by atoms with van der Waals surface area (Å²) in [6.07, 6.45) is -4.22. The van der Waals surface area contributed by atoms with Gasteiger partial charge in [0.15, 0.2) is 17.3 Å². The predicted molar refractivity (Wildman–Crippen MR) is 97.0 cm³/mol. The fraction of sp³-hybridized carbons (Fsp3) is 0.250. The van der Waals surface area contributed by atoms with Crippen LogP contribution in [0.1, 0.15) is 23.7 Å². The van der Waals surface area contributed by atoms with E-state index >= 15 is 0 Å². The van der Waals surface area contributed by atoms with E-state index in [0.29, 0.717) is 35.1 Å². The van der Waals surface area contributed by atoms with Crippen molar-refractivity contribution in [3.05, 3.63) is 53.9 Å². The number of amides is 1. The number of rotatable bonds is 3. The van der Waals surface area contributed by atoms with Crippen LogP contribution in [0.2, 0.25) is 0 Å². The third kappa shape index (κ3) is 3.23. The molecule has 7 nitrogen and oxygen atoms in total. The second-order valence-electron chi connectivity index (χ2n) is 6.98. The molecule has 30 heavy (non-hydrogen) atoms. The Hall–Kier alpha value is -3.56. The van der Waals surface area contributed by atoms with Gasteiger partial charge < -0.3 is 18.9 Å². The highest BCUT2D eigenvalue weighted by atomic mass is 19.4. The first kappa shape index (κ1) is 18.5. The Labute approximate surface area is 168 Å². The second-order valence-corrected chi connectivity index (χ2v) is 6.98. The van der Waals surface area contributed by atoms with E-state index in [9.17, 15) is 18.0 Å². The molecule has 154 valence electrons. The number of hydrogen-bond donors (Lipinski definition) is 0. The predicted octanol–water partition coefficient (Wildman–Crippen LogP) is 4.00. The highest BCUT2D eigenvalue weighted by Crippen LogP contribution is 2.38. The quantitative estimate of drug-likeness (QED) is 0.641. The molecule has 1 unspecified atom stereocenters. The molecule has 3 heterocycles. The lowest BCUT2D eigenvalue weighted by Gasteiger charge is -2.16. The minimum Gasteiger partial charge on any atom is -0.454 e. The fourth-order valence-electron chi connectivity index (χ4n) is 3.50. The Kier molecular flexibility index (Phi) is 4.16. The number of ether oxygens (including phenoxy) is 2. The molecule has 1 aromatic heterocycles. The van der Waals surface area contributed by atoms with Crippen molar-refractivity contribution in [2.45, 2.75) is 18.5 Å². The fourth-order valence-corrected chi connectivity index (χ4v) is 3.50. The van der Waals surface area contributed by atoms with Gasteiger partial charge in [-0.15, -0.1) is 0 Å². The maximum absolute atomic E-state index is 12.7. The van der Waals surface area contributed by atoms with Crippen molar-refractivity contribution in [3.8, 4) is 23.0 Å². The topological polar surface area (TPSA) is 77.7 Å². The Morgan fingerprint density at radius 3 is 2.57 bits per heavy atom. The summed E-state index contributed by atoms with van der Waals surface area (Å²) in [4.78, 5) is 18.4. The number of alkyl halides is 3. The molecule has 10 heteroatoms. The van der Waals surface area contributed by atoms with Gasteiger partial charge in [0.1, 0.15) is 0 Å². The minimum absolute atomic E-state index is 0.0975. The van der Waals surface area contributed by atoms with Crippen molar-refractivity contribution in [1.82, 2.24) is 10.1 Å². The highest BCUT2D eigenvalue weighted by molar-refractivity contribution is 5.96. The van der Waals surface area contributed by atoms with Gasteiger partial charge in [0.25, 0.3) is 5.89 Å². The molecule has 0 radical (unpaired) electrons. The number of benzene rings is 2. The van der Waals surface area contributed by atoms with Crippen LogP contribution < -0.4 is 14.4 Å². The van der Waals surface area contributed by atoms with Crippen LogP contribution in [0.25, 0.3) is 11.5 Å². The highest BCUT2D eigenvalue weighted by Gasteiger charge is 2.35. The minimum atomic E-state index is -4.42. The lowest BCUT2D eigenvalue weighted by molar-refractivity contribution is -0.137. The SMILES string of the molecule is O=C1CC(c2noc(-c3ccc(C(F)(F)F)cc3)n2)CN1c1ccc2c(c1)OCO2. The van der Waals surface area contributed by atoms with E-state index in [1.807, 2.05) is 0 Å². The van der Waals surface area contributed by atoms with Gasteiger partial charge in [0.05, 0.1) is 5.56 Å². The average molecular weight is 417 g/mol. The van der Waals surface area contributed by atoms with E-state index < -0.39 is 11.7 Å². The number of carbonyl (C=O) groups excluding carboxylic acids is 1. The third-order valence-electron chi connectivity index (χ3n) is 5.06. The van der Waals surface area contributed by atoms with Crippen molar-refractivity contribution in [2.75, 3.05) is 18.2 Å². The van der Waals surface area contributed by atoms with Gasteiger partial charge >= 0.3 is 6.18 Å². The van der Waals surface area contributed by atoms with Gasteiger partial charge in [-0.1, -0.05) is 5.16 Å². The number of fused-ring (bicyclic) bond motifs is 1. The summed E-state index contributed by atoms with van der Waals surface area (Å²) in [7, 11) is 0. The van der Waals surface area contributed by atoms with Crippen molar-refractivity contribution >= 4 is 11.6 Å². The summed E-state index contributed by atoms with van der Waals surface area (Å²) in [5, 5.41) is 3.93. The van der Waals surface area contributed by atoms with Gasteiger partial charge in [-0.05, 0) is 36.4 Å². The normalized spacial score (nSPS) is 18.3. The monoisotopic (exact) mass is 417 g/mol. The number of halogens is 3. The van der Waals surface area contributed by atoms with Crippen LogP contribution in [0.4, 0.5) is 18.9 Å². The van der Waals surface area contributed by atoms with Crippen LogP contribution in [-0.4, -0.2) is 29.4 Å². The first-order valence-electron chi connectivity index (χ1n) is 9.10. The molecule has 2 aromatic carbocycles. The van der Waals surface area contributed by atoms with E-state index in [0.717, 1.165) is 12.1 Å². The first-order valence-corrected chi connectivity index (χ1v) is 9.10. The number of aromatic nitrogens is 2. The van der Waals surface area contributed by atoms with E-state index in [1.54, 1.807) is 23.1 Å². The standard InChI is InChI=1S/C20H14F3N3O4/c21-20(22,23)13-3-1-11(2-4-13)19-24-18(25-30-19)12-7-17(27)26(9-12)14-5-6-15-16(8-14)29-10-28-15/h1-6,8,12H,7,9-10H2. The maximum Gasteiger partial charge on any atom is 0.416 e. The molecular weight excluding hydrogens is 403 g/mol. The van der Waals surface area contributed by atoms with E-state index in [4.69, 9.17) is 14.0 Å². The van der Waals surface area contributed by atoms with Gasteiger partial charge in [-0.2, -0.15) is 18.2 Å². The molecule has 0 spiro atoms. The molecule has 0 N–H and O–H groups in total. The Morgan fingerprint density at radius 1 is 1.03 bits per heavy atom. The lowest BCUT2D eigenvalue weighted by Crippen LogP contribution is -2.24. The van der Waals surface area contributed by atoms with E-state index in [2.05, 4.69) is 10.1 Å². The number of nitrogens with zero attached hydrogens (tertiary/aromatic N) is 3. The first-order chi connectivity index (χ1) is 14.4. The lowest BCUT2D eigenvalue weighted by atomic mass is 10.1. The van der Waals surface area contributed by atoms with E-state index in [1.165, 1.54) is 12.1 Å². The zero-order chi connectivity index (χ0) is 20.9. The summed E-state index contributed by atoms with van der Waals surface area (Å²) in [6, 6.07) is 9.73. The smallest absolute Gasteiger partial charge is 0.416 e. The zero-order valence-corrected chi connectivity index (χ0v) is 15.3. The molecule has 2 aliphatic heterocycles. The summed E-state index contributed by atoms with van der Waals surface area (Å²) >= 11 is 0. The van der Waals surface area contributed by atoms with Crippen molar-refractivity contribution in [2.24, 2.45) is 0 Å². The van der Waals surface area contributed by atoms with Crippen molar-refractivity contribution in [3.63, 3.8) is 0 Å². The molecule has 1 saturated heterocycles. The molecule has 0 aliphatic carbocycles. The summed E-state index contributed by atoms with van der Waals surface area (Å²) in [5.74, 6) is 1.25. The van der Waals surface area contributed by atoms with Crippen LogP contribution in [-0.2, 0) is 11.0 Å². The second kappa shape index (κ2) is 6.75. The number of anilines is 1. The molecule has 1 atom stereocenters. The Morgan fingerprint density at radius 2 is 1.80 bits per heavy atom. The van der Waals surface area contributed by atoms with Crippen LogP contribution in [0.15, 0.2) is 47.0 Å². The Bertz CT molecular complexity index is 1110. The molecule has 2 aliphatic rings. The summed E-state index contributed by atoms with van der Waals surface area (Å²) < 4.78 is 54.0. The Balaban J connectivity index is 1.34. The molecule has 3 aromatic rings. The van der Waals surface area contributed by atoms with Crippen molar-refractivity contribution in [1.29, 1.82) is 0 Å². The summed E-state index contributed by atoms with van der Waals surface area (Å²) in [5.41, 5.74) is 0.295. The van der Waals surface area contributed by atoms with Gasteiger partial charge in [-0.3, -0.25) is 4.79 Å².